The van der Waals surface area contributed by atoms with E-state index in [1.807, 2.05) is 25.1 Å². The number of hydrogen-bond acceptors (Lipinski definition) is 7. The van der Waals surface area contributed by atoms with Crippen molar-refractivity contribution in [2.75, 3.05) is 25.2 Å². The summed E-state index contributed by atoms with van der Waals surface area (Å²) in [6.45, 7) is 2.65. The molecule has 3 rings (SSSR count). The molecule has 0 aliphatic heterocycles. The predicted octanol–water partition coefficient (Wildman–Crippen LogP) is 2.47. The number of sulfone groups is 1. The summed E-state index contributed by atoms with van der Waals surface area (Å²) in [6, 6.07) is 7.31. The first-order valence-electron chi connectivity index (χ1n) is 7.94. The summed E-state index contributed by atoms with van der Waals surface area (Å²) in [7, 11) is -2.05. The number of aromatic amines is 1. The SMILES string of the molecule is CCCNc1nc(S(C)(=O)=O)nc2n[nH]c(-c3ccccc3Cl)c12.CN. The van der Waals surface area contributed by atoms with Crippen molar-refractivity contribution >= 4 is 38.3 Å². The molecule has 0 atom stereocenters. The van der Waals surface area contributed by atoms with Gasteiger partial charge in [0.25, 0.3) is 5.16 Å². The van der Waals surface area contributed by atoms with Crippen molar-refractivity contribution in [3.63, 3.8) is 0 Å². The fourth-order valence-electron chi connectivity index (χ4n) is 2.30. The molecule has 2 heterocycles. The summed E-state index contributed by atoms with van der Waals surface area (Å²) in [5, 5.41) is 11.1. The quantitative estimate of drug-likeness (QED) is 0.565. The van der Waals surface area contributed by atoms with Gasteiger partial charge in [-0.05, 0) is 19.5 Å². The van der Waals surface area contributed by atoms with Gasteiger partial charge in [-0.2, -0.15) is 10.1 Å². The van der Waals surface area contributed by atoms with Gasteiger partial charge in [-0.15, -0.1) is 0 Å². The Morgan fingerprint density at radius 3 is 2.54 bits per heavy atom. The highest BCUT2D eigenvalue weighted by Crippen LogP contribution is 2.34. The molecule has 140 valence electrons. The monoisotopic (exact) mass is 396 g/mol. The minimum absolute atomic E-state index is 0.259. The Balaban J connectivity index is 0.00000117. The summed E-state index contributed by atoms with van der Waals surface area (Å²) in [5.41, 5.74) is 6.17. The van der Waals surface area contributed by atoms with E-state index < -0.39 is 9.84 Å². The van der Waals surface area contributed by atoms with Crippen LogP contribution < -0.4 is 11.1 Å². The molecular formula is C16H21ClN6O2S. The van der Waals surface area contributed by atoms with E-state index in [2.05, 4.69) is 31.2 Å². The maximum Gasteiger partial charge on any atom is 0.250 e. The Bertz CT molecular complexity index is 1000. The Hall–Kier alpha value is -2.23. The van der Waals surface area contributed by atoms with Crippen LogP contribution in [0.1, 0.15) is 13.3 Å². The topological polar surface area (TPSA) is 127 Å². The van der Waals surface area contributed by atoms with Gasteiger partial charge in [0, 0.05) is 23.4 Å². The Kier molecular flexibility index (Phi) is 6.52. The molecule has 0 aliphatic carbocycles. The van der Waals surface area contributed by atoms with Crippen molar-refractivity contribution in [1.82, 2.24) is 20.2 Å². The van der Waals surface area contributed by atoms with E-state index in [1.165, 1.54) is 7.05 Å². The summed E-state index contributed by atoms with van der Waals surface area (Å²) < 4.78 is 23.6. The largest absolute Gasteiger partial charge is 0.369 e. The van der Waals surface area contributed by atoms with E-state index in [9.17, 15) is 8.42 Å². The fourth-order valence-corrected chi connectivity index (χ4v) is 3.04. The van der Waals surface area contributed by atoms with Crippen molar-refractivity contribution in [2.24, 2.45) is 5.73 Å². The molecule has 0 saturated heterocycles. The molecule has 0 radical (unpaired) electrons. The average Bonchev–Trinajstić information content (AvgIpc) is 3.05. The van der Waals surface area contributed by atoms with Crippen molar-refractivity contribution in [1.29, 1.82) is 0 Å². The number of H-pyrrole nitrogens is 1. The standard InChI is InChI=1S/C15H16ClN5O2S.CH5N/c1-3-8-17-13-11-12(9-6-4-5-7-10(9)16)20-21-14(11)19-15(18-13)24(2,22)23;1-2/h4-7H,3,8H2,1-2H3,(H2,17,18,19,20,21);2H2,1H3. The lowest BCUT2D eigenvalue weighted by molar-refractivity contribution is 0.593. The number of nitrogens with one attached hydrogen (secondary N) is 2. The Morgan fingerprint density at radius 1 is 1.23 bits per heavy atom. The van der Waals surface area contributed by atoms with Crippen molar-refractivity contribution in [2.45, 2.75) is 18.5 Å². The lowest BCUT2D eigenvalue weighted by atomic mass is 10.1. The molecular weight excluding hydrogens is 376 g/mol. The van der Waals surface area contributed by atoms with Crippen LogP contribution in [0, 0.1) is 0 Å². The number of benzene rings is 1. The third-order valence-corrected chi connectivity index (χ3v) is 4.59. The van der Waals surface area contributed by atoms with E-state index in [4.69, 9.17) is 11.6 Å². The molecule has 26 heavy (non-hydrogen) atoms. The zero-order valence-electron chi connectivity index (χ0n) is 14.7. The van der Waals surface area contributed by atoms with E-state index in [1.54, 1.807) is 6.07 Å². The summed E-state index contributed by atoms with van der Waals surface area (Å²) in [4.78, 5) is 8.25. The van der Waals surface area contributed by atoms with Gasteiger partial charge in [-0.1, -0.05) is 36.7 Å². The number of nitrogens with zero attached hydrogens (tertiary/aromatic N) is 3. The minimum atomic E-state index is -3.55. The molecule has 1 aromatic carbocycles. The molecule has 0 spiro atoms. The molecule has 2 aromatic heterocycles. The molecule has 0 bridgehead atoms. The number of fused-ring (bicyclic) bond motifs is 1. The smallest absolute Gasteiger partial charge is 0.250 e. The van der Waals surface area contributed by atoms with Crippen LogP contribution in [0.25, 0.3) is 22.3 Å². The zero-order chi connectivity index (χ0) is 19.3. The van der Waals surface area contributed by atoms with E-state index in [0.717, 1.165) is 18.2 Å². The van der Waals surface area contributed by atoms with Crippen LogP contribution >= 0.6 is 11.6 Å². The third kappa shape index (κ3) is 4.12. The van der Waals surface area contributed by atoms with Gasteiger partial charge in [0.1, 0.15) is 5.82 Å². The van der Waals surface area contributed by atoms with Crippen LogP contribution in [0.3, 0.4) is 0 Å². The van der Waals surface area contributed by atoms with Gasteiger partial charge in [0.2, 0.25) is 9.84 Å². The molecule has 0 fully saturated rings. The lowest BCUT2D eigenvalue weighted by Gasteiger charge is -2.09. The van der Waals surface area contributed by atoms with Crippen LogP contribution in [0.4, 0.5) is 5.82 Å². The first-order chi connectivity index (χ1) is 12.4. The summed E-state index contributed by atoms with van der Waals surface area (Å²) in [6.07, 6.45) is 1.93. The second-order valence-corrected chi connectivity index (χ2v) is 7.65. The number of anilines is 1. The minimum Gasteiger partial charge on any atom is -0.369 e. The van der Waals surface area contributed by atoms with Gasteiger partial charge in [-0.25, -0.2) is 13.4 Å². The highest BCUT2D eigenvalue weighted by atomic mass is 35.5. The maximum atomic E-state index is 11.8. The van der Waals surface area contributed by atoms with Gasteiger partial charge >= 0.3 is 0 Å². The van der Waals surface area contributed by atoms with Gasteiger partial charge in [0.15, 0.2) is 5.65 Å². The van der Waals surface area contributed by atoms with Crippen LogP contribution in [-0.4, -0.2) is 48.4 Å². The highest BCUT2D eigenvalue weighted by Gasteiger charge is 2.21. The third-order valence-electron chi connectivity index (χ3n) is 3.41. The second-order valence-electron chi connectivity index (χ2n) is 5.33. The molecule has 0 amide bonds. The van der Waals surface area contributed by atoms with Gasteiger partial charge < -0.3 is 11.1 Å². The Labute approximate surface area is 157 Å². The molecule has 10 heteroatoms. The molecule has 0 unspecified atom stereocenters. The van der Waals surface area contributed by atoms with E-state index in [-0.39, 0.29) is 10.8 Å². The zero-order valence-corrected chi connectivity index (χ0v) is 16.3. The molecule has 3 aromatic rings. The number of hydrogen-bond donors (Lipinski definition) is 3. The molecule has 4 N–H and O–H groups in total. The maximum absolute atomic E-state index is 11.8. The van der Waals surface area contributed by atoms with Crippen molar-refractivity contribution in [3.05, 3.63) is 29.3 Å². The second kappa shape index (κ2) is 8.43. The number of rotatable bonds is 5. The number of nitrogens with two attached hydrogens (primary N) is 1. The fraction of sp³-hybridized carbons (Fsp3) is 0.312. The van der Waals surface area contributed by atoms with Crippen LogP contribution in [0.5, 0.6) is 0 Å². The Morgan fingerprint density at radius 2 is 1.92 bits per heavy atom. The van der Waals surface area contributed by atoms with E-state index in [0.29, 0.717) is 28.5 Å². The van der Waals surface area contributed by atoms with Crippen LogP contribution in [0.15, 0.2) is 29.4 Å². The first kappa shape index (κ1) is 20.1. The lowest BCUT2D eigenvalue weighted by Crippen LogP contribution is -2.09. The van der Waals surface area contributed by atoms with Crippen molar-refractivity contribution < 1.29 is 8.42 Å². The van der Waals surface area contributed by atoms with Gasteiger partial charge in [0.05, 0.1) is 11.1 Å². The predicted molar refractivity (Wildman–Crippen MR) is 104 cm³/mol. The average molecular weight is 397 g/mol. The first-order valence-corrected chi connectivity index (χ1v) is 10.2. The van der Waals surface area contributed by atoms with Crippen LogP contribution in [0.2, 0.25) is 5.02 Å². The van der Waals surface area contributed by atoms with Crippen LogP contribution in [-0.2, 0) is 9.84 Å². The number of halogens is 1. The van der Waals surface area contributed by atoms with Crippen molar-refractivity contribution in [3.8, 4) is 11.3 Å². The normalized spacial score (nSPS) is 11.1. The van der Waals surface area contributed by atoms with E-state index >= 15 is 0 Å². The highest BCUT2D eigenvalue weighted by molar-refractivity contribution is 7.90. The number of aromatic nitrogens is 4. The summed E-state index contributed by atoms with van der Waals surface area (Å²) >= 11 is 6.27. The summed E-state index contributed by atoms with van der Waals surface area (Å²) in [5.74, 6) is 0.422. The molecule has 0 saturated carbocycles. The molecule has 0 aliphatic rings. The van der Waals surface area contributed by atoms with Gasteiger partial charge in [-0.3, -0.25) is 5.10 Å². The molecule has 8 nitrogen and oxygen atoms in total.